The van der Waals surface area contributed by atoms with E-state index in [1.165, 1.54) is 12.0 Å². The van der Waals surface area contributed by atoms with Crippen LogP contribution in [0, 0.1) is 0 Å². The number of anilines is 1. The van der Waals surface area contributed by atoms with Crippen LogP contribution in [-0.4, -0.2) is 32.1 Å². The first-order chi connectivity index (χ1) is 8.66. The minimum atomic E-state index is -0.389. The zero-order valence-corrected chi connectivity index (χ0v) is 10.8. The van der Waals surface area contributed by atoms with Crippen LogP contribution in [0.2, 0.25) is 0 Å². The van der Waals surface area contributed by atoms with Gasteiger partial charge in [-0.15, -0.1) is 0 Å². The average molecular weight is 246 g/mol. The molecule has 1 N–H and O–H groups in total. The number of rotatable bonds is 1. The summed E-state index contributed by atoms with van der Waals surface area (Å²) in [6.45, 7) is 3.91. The number of ether oxygens (including phenoxy) is 1. The molecule has 0 bridgehead atoms. The van der Waals surface area contributed by atoms with Crippen LogP contribution >= 0.6 is 0 Å². The second-order valence-electron chi connectivity index (χ2n) is 5.07. The molecule has 1 aromatic rings. The maximum Gasteiger partial charge on any atom is 0.267 e. The quantitative estimate of drug-likeness (QED) is 0.816. The summed E-state index contributed by atoms with van der Waals surface area (Å²) in [5.74, 6) is 1.41. The molecule has 1 saturated heterocycles. The van der Waals surface area contributed by atoms with Crippen LogP contribution in [0.4, 0.5) is 5.69 Å². The van der Waals surface area contributed by atoms with Crippen LogP contribution < -0.4 is 15.0 Å². The lowest BCUT2D eigenvalue weighted by Crippen LogP contribution is -2.42. The number of amides is 1. The van der Waals surface area contributed by atoms with E-state index in [1.807, 2.05) is 6.07 Å². The van der Waals surface area contributed by atoms with Crippen molar-refractivity contribution in [3.05, 3.63) is 23.8 Å². The molecule has 2 aliphatic heterocycles. The first kappa shape index (κ1) is 11.5. The molecule has 1 aromatic carbocycles. The topological polar surface area (TPSA) is 41.6 Å². The van der Waals surface area contributed by atoms with E-state index in [1.54, 1.807) is 18.9 Å². The summed E-state index contributed by atoms with van der Waals surface area (Å²) in [6, 6.07) is 6.19. The molecule has 2 atom stereocenters. The molecule has 0 aromatic heterocycles. The molecule has 0 aliphatic carbocycles. The van der Waals surface area contributed by atoms with Gasteiger partial charge >= 0.3 is 0 Å². The van der Waals surface area contributed by atoms with Crippen molar-refractivity contribution in [2.24, 2.45) is 0 Å². The summed E-state index contributed by atoms with van der Waals surface area (Å²) < 4.78 is 5.70. The number of fused-ring (bicyclic) bond motifs is 1. The summed E-state index contributed by atoms with van der Waals surface area (Å²) in [5.41, 5.74) is 2.17. The molecule has 1 amide bonds. The predicted octanol–water partition coefficient (Wildman–Crippen LogP) is 1.51. The molecule has 2 heterocycles. The molecule has 2 aliphatic rings. The number of nitrogens with one attached hydrogen (secondary N) is 1. The highest BCUT2D eigenvalue weighted by molar-refractivity contribution is 5.99. The van der Waals surface area contributed by atoms with Gasteiger partial charge in [0.2, 0.25) is 0 Å². The second-order valence-corrected chi connectivity index (χ2v) is 5.07. The van der Waals surface area contributed by atoms with Crippen molar-refractivity contribution in [1.29, 1.82) is 0 Å². The largest absolute Gasteiger partial charge is 0.479 e. The number of nitrogens with zero attached hydrogens (tertiary/aromatic N) is 1. The fourth-order valence-corrected chi connectivity index (χ4v) is 2.73. The number of benzene rings is 1. The Labute approximate surface area is 107 Å². The molecule has 3 rings (SSSR count). The molecule has 0 spiro atoms. The molecule has 0 saturated carbocycles. The van der Waals surface area contributed by atoms with E-state index in [4.69, 9.17) is 4.74 Å². The third kappa shape index (κ3) is 1.77. The molecule has 96 valence electrons. The third-order valence-electron chi connectivity index (χ3n) is 3.86. The lowest BCUT2D eigenvalue weighted by Gasteiger charge is -2.30. The molecule has 2 unspecified atom stereocenters. The Kier molecular flexibility index (Phi) is 2.74. The fraction of sp³-hybridized carbons (Fsp3) is 0.500. The fourth-order valence-electron chi connectivity index (χ4n) is 2.73. The summed E-state index contributed by atoms with van der Waals surface area (Å²) in [5, 5.41) is 3.37. The van der Waals surface area contributed by atoms with Crippen LogP contribution in [0.5, 0.6) is 5.75 Å². The van der Waals surface area contributed by atoms with Gasteiger partial charge < -0.3 is 15.0 Å². The van der Waals surface area contributed by atoms with Gasteiger partial charge in [0.15, 0.2) is 6.10 Å². The minimum absolute atomic E-state index is 0.0118. The lowest BCUT2D eigenvalue weighted by molar-refractivity contribution is -0.125. The first-order valence-corrected chi connectivity index (χ1v) is 6.45. The van der Waals surface area contributed by atoms with Crippen LogP contribution in [-0.2, 0) is 4.79 Å². The average Bonchev–Trinajstić information content (AvgIpc) is 2.89. The molecule has 18 heavy (non-hydrogen) atoms. The van der Waals surface area contributed by atoms with Crippen LogP contribution in [0.15, 0.2) is 18.2 Å². The van der Waals surface area contributed by atoms with Gasteiger partial charge in [-0.1, -0.05) is 6.07 Å². The van der Waals surface area contributed by atoms with Crippen molar-refractivity contribution in [2.45, 2.75) is 25.4 Å². The van der Waals surface area contributed by atoms with E-state index in [-0.39, 0.29) is 12.0 Å². The van der Waals surface area contributed by atoms with Crippen molar-refractivity contribution >= 4 is 11.6 Å². The normalized spacial score (nSPS) is 27.0. The van der Waals surface area contributed by atoms with Crippen LogP contribution in [0.3, 0.4) is 0 Å². The number of carbonyl (C=O) groups is 1. The van der Waals surface area contributed by atoms with Gasteiger partial charge in [-0.05, 0) is 43.5 Å². The van der Waals surface area contributed by atoms with Gasteiger partial charge in [-0.3, -0.25) is 4.79 Å². The molecule has 4 nitrogen and oxygen atoms in total. The van der Waals surface area contributed by atoms with Crippen molar-refractivity contribution in [2.75, 3.05) is 25.0 Å². The Balaban J connectivity index is 1.95. The Morgan fingerprint density at radius 3 is 3.00 bits per heavy atom. The van der Waals surface area contributed by atoms with Gasteiger partial charge in [0.25, 0.3) is 5.91 Å². The maximum absolute atomic E-state index is 11.8. The van der Waals surface area contributed by atoms with E-state index in [0.29, 0.717) is 5.92 Å². The smallest absolute Gasteiger partial charge is 0.267 e. The van der Waals surface area contributed by atoms with E-state index >= 15 is 0 Å². The number of likely N-dealkylation sites (N-methyl/N-ethyl adjacent to an activating group) is 1. The second kappa shape index (κ2) is 4.28. The van der Waals surface area contributed by atoms with Crippen LogP contribution in [0.1, 0.15) is 24.8 Å². The Morgan fingerprint density at radius 1 is 1.44 bits per heavy atom. The Morgan fingerprint density at radius 2 is 2.28 bits per heavy atom. The van der Waals surface area contributed by atoms with Crippen molar-refractivity contribution < 1.29 is 9.53 Å². The highest BCUT2D eigenvalue weighted by atomic mass is 16.5. The van der Waals surface area contributed by atoms with Gasteiger partial charge in [0.05, 0.1) is 5.69 Å². The minimum Gasteiger partial charge on any atom is -0.479 e. The van der Waals surface area contributed by atoms with Crippen molar-refractivity contribution in [3.8, 4) is 5.75 Å². The summed E-state index contributed by atoms with van der Waals surface area (Å²) in [6.07, 6.45) is 0.780. The van der Waals surface area contributed by atoms with Gasteiger partial charge in [-0.25, -0.2) is 0 Å². The molecule has 0 radical (unpaired) electrons. The van der Waals surface area contributed by atoms with Crippen LogP contribution in [0.25, 0.3) is 0 Å². The summed E-state index contributed by atoms with van der Waals surface area (Å²) in [7, 11) is 1.80. The highest BCUT2D eigenvalue weighted by Gasteiger charge is 2.29. The van der Waals surface area contributed by atoms with E-state index in [2.05, 4.69) is 17.4 Å². The molecular formula is C14H18N2O2. The number of hydrogen-bond acceptors (Lipinski definition) is 3. The lowest BCUT2D eigenvalue weighted by atomic mass is 9.97. The van der Waals surface area contributed by atoms with E-state index < -0.39 is 0 Å². The van der Waals surface area contributed by atoms with Gasteiger partial charge in [-0.2, -0.15) is 0 Å². The SMILES string of the molecule is CC1Oc2cc(C3CCNC3)ccc2N(C)C1=O. The van der Waals surface area contributed by atoms with E-state index in [0.717, 1.165) is 24.5 Å². The molecule has 4 heteroatoms. The van der Waals surface area contributed by atoms with Gasteiger partial charge in [0.1, 0.15) is 5.75 Å². The van der Waals surface area contributed by atoms with Gasteiger partial charge in [0, 0.05) is 13.6 Å². The number of hydrogen-bond donors (Lipinski definition) is 1. The molecular weight excluding hydrogens is 228 g/mol. The monoisotopic (exact) mass is 246 g/mol. The van der Waals surface area contributed by atoms with E-state index in [9.17, 15) is 4.79 Å². The third-order valence-corrected chi connectivity index (χ3v) is 3.86. The standard InChI is InChI=1S/C14H18N2O2/c1-9-14(17)16(2)12-4-3-10(7-13(12)18-9)11-5-6-15-8-11/h3-4,7,9,11,15H,5-6,8H2,1-2H3. The zero-order valence-electron chi connectivity index (χ0n) is 10.8. The summed E-state index contributed by atoms with van der Waals surface area (Å²) >= 11 is 0. The summed E-state index contributed by atoms with van der Waals surface area (Å²) in [4.78, 5) is 13.5. The predicted molar refractivity (Wildman–Crippen MR) is 70.2 cm³/mol. The number of carbonyl (C=O) groups excluding carboxylic acids is 1. The zero-order chi connectivity index (χ0) is 12.7. The first-order valence-electron chi connectivity index (χ1n) is 6.45. The Hall–Kier alpha value is -1.55. The maximum atomic E-state index is 11.8. The highest BCUT2D eigenvalue weighted by Crippen LogP contribution is 2.36. The Bertz CT molecular complexity index is 481. The molecule has 1 fully saturated rings. The van der Waals surface area contributed by atoms with Crippen molar-refractivity contribution in [1.82, 2.24) is 5.32 Å². The van der Waals surface area contributed by atoms with Crippen molar-refractivity contribution in [3.63, 3.8) is 0 Å².